The number of fused-ring (bicyclic) bond motifs is 1. The van der Waals surface area contributed by atoms with Crippen LogP contribution >= 0.6 is 11.6 Å². The van der Waals surface area contributed by atoms with Crippen molar-refractivity contribution in [3.05, 3.63) is 41.2 Å². The second-order valence-corrected chi connectivity index (χ2v) is 7.00. The summed E-state index contributed by atoms with van der Waals surface area (Å²) in [5.41, 5.74) is 0.377. The van der Waals surface area contributed by atoms with Crippen LogP contribution in [0.25, 0.3) is 0 Å². The van der Waals surface area contributed by atoms with Crippen molar-refractivity contribution in [1.29, 1.82) is 0 Å². The molecule has 0 unspecified atom stereocenters. The molecule has 0 bridgehead atoms. The summed E-state index contributed by atoms with van der Waals surface area (Å²) in [6.07, 6.45) is 2.36. The summed E-state index contributed by atoms with van der Waals surface area (Å²) in [5.74, 6) is -0.218. The van der Waals surface area contributed by atoms with E-state index in [1.807, 2.05) is 0 Å². The van der Waals surface area contributed by atoms with Gasteiger partial charge in [-0.15, -0.1) is 0 Å². The molecule has 1 aliphatic rings. The van der Waals surface area contributed by atoms with E-state index >= 15 is 0 Å². The minimum atomic E-state index is -0.893. The molecule has 2 heterocycles. The fourth-order valence-corrected chi connectivity index (χ4v) is 2.94. The van der Waals surface area contributed by atoms with E-state index < -0.39 is 6.10 Å². The largest absolute Gasteiger partial charge is 0.481 e. The summed E-state index contributed by atoms with van der Waals surface area (Å²) < 4.78 is 15.7. The van der Waals surface area contributed by atoms with E-state index in [9.17, 15) is 14.4 Å². The predicted octanol–water partition coefficient (Wildman–Crippen LogP) is 1.17. The minimum absolute atomic E-state index is 0.0532. The number of hydrogen-bond acceptors (Lipinski definition) is 8. The first kappa shape index (κ1) is 22.3. The number of nitrogens with zero attached hydrogens (tertiary/aromatic N) is 2. The Bertz CT molecular complexity index is 953. The predicted molar refractivity (Wildman–Crippen MR) is 110 cm³/mol. The number of carbonyl (C=O) groups excluding carboxylic acids is 3. The van der Waals surface area contributed by atoms with Crippen LogP contribution in [-0.2, 0) is 9.59 Å². The summed E-state index contributed by atoms with van der Waals surface area (Å²) in [6.45, 7) is 0.463. The zero-order valence-corrected chi connectivity index (χ0v) is 17.5. The molecule has 1 aromatic carbocycles. The van der Waals surface area contributed by atoms with Crippen molar-refractivity contribution in [2.75, 3.05) is 26.8 Å². The number of hydrogen-bond donors (Lipinski definition) is 2. The molecular weight excluding hydrogens is 428 g/mol. The number of ketones is 1. The average Bonchev–Trinajstić information content (AvgIpc) is 2.78. The number of rotatable bonds is 9. The van der Waals surface area contributed by atoms with Crippen LogP contribution in [0.4, 0.5) is 0 Å². The zero-order valence-electron chi connectivity index (χ0n) is 16.7. The highest BCUT2D eigenvalue weighted by atomic mass is 35.5. The van der Waals surface area contributed by atoms with Crippen LogP contribution < -0.4 is 24.8 Å². The van der Waals surface area contributed by atoms with E-state index in [0.29, 0.717) is 41.6 Å². The third-order valence-corrected chi connectivity index (χ3v) is 4.54. The van der Waals surface area contributed by atoms with Crippen molar-refractivity contribution >= 4 is 29.2 Å². The van der Waals surface area contributed by atoms with Crippen LogP contribution in [0.2, 0.25) is 5.02 Å². The van der Waals surface area contributed by atoms with Gasteiger partial charge in [-0.05, 0) is 24.6 Å². The third kappa shape index (κ3) is 6.29. The number of aromatic nitrogens is 2. The molecule has 0 fully saturated rings. The molecule has 1 aliphatic heterocycles. The molecular formula is C20H21ClN4O6. The monoisotopic (exact) mass is 448 g/mol. The molecule has 1 atom stereocenters. The fourth-order valence-electron chi connectivity index (χ4n) is 2.77. The van der Waals surface area contributed by atoms with Crippen LogP contribution in [0.1, 0.15) is 23.2 Å². The van der Waals surface area contributed by atoms with Gasteiger partial charge in [0.1, 0.15) is 5.75 Å². The minimum Gasteiger partial charge on any atom is -0.481 e. The van der Waals surface area contributed by atoms with Crippen molar-refractivity contribution in [3.8, 4) is 17.5 Å². The molecule has 0 aliphatic carbocycles. The van der Waals surface area contributed by atoms with Gasteiger partial charge in [-0.2, -0.15) is 9.97 Å². The molecule has 2 aromatic rings. The molecule has 1 aromatic heterocycles. The molecule has 164 valence electrons. The Morgan fingerprint density at radius 1 is 1.23 bits per heavy atom. The van der Waals surface area contributed by atoms with Gasteiger partial charge in [-0.25, -0.2) is 0 Å². The first-order chi connectivity index (χ1) is 15.0. The SMILES string of the molecule is COc1ncc(OCC(=O)NCCCNC(=O)[C@H]2CC(=O)c3cc(Cl)ccc3O2)cn1. The first-order valence-electron chi connectivity index (χ1n) is 9.49. The second kappa shape index (κ2) is 10.6. The first-order valence-corrected chi connectivity index (χ1v) is 9.86. The Morgan fingerprint density at radius 2 is 1.97 bits per heavy atom. The van der Waals surface area contributed by atoms with Gasteiger partial charge in [-0.3, -0.25) is 14.4 Å². The molecule has 0 radical (unpaired) electrons. The average molecular weight is 449 g/mol. The van der Waals surface area contributed by atoms with Crippen molar-refractivity contribution in [1.82, 2.24) is 20.6 Å². The smallest absolute Gasteiger partial charge is 0.316 e. The topological polar surface area (TPSA) is 129 Å². The van der Waals surface area contributed by atoms with Gasteiger partial charge < -0.3 is 24.8 Å². The van der Waals surface area contributed by atoms with Crippen LogP contribution in [0.5, 0.6) is 17.5 Å². The lowest BCUT2D eigenvalue weighted by atomic mass is 10.0. The quantitative estimate of drug-likeness (QED) is 0.547. The van der Waals surface area contributed by atoms with Crippen molar-refractivity contribution < 1.29 is 28.6 Å². The summed E-state index contributed by atoms with van der Waals surface area (Å²) in [4.78, 5) is 44.0. The second-order valence-electron chi connectivity index (χ2n) is 6.56. The van der Waals surface area contributed by atoms with E-state index in [4.69, 9.17) is 25.8 Å². The lowest BCUT2D eigenvalue weighted by Crippen LogP contribution is -2.43. The maximum absolute atomic E-state index is 12.3. The molecule has 0 saturated heterocycles. The van der Waals surface area contributed by atoms with Crippen LogP contribution in [0.3, 0.4) is 0 Å². The summed E-state index contributed by atoms with van der Waals surface area (Å²) >= 11 is 5.89. The standard InChI is InChI=1S/C20H21ClN4O6/c1-29-20-24-9-13(10-25-20)30-11-18(27)22-5-2-6-23-19(28)17-8-15(26)14-7-12(21)3-4-16(14)31-17/h3-4,7,9-10,17H,2,5-6,8,11H2,1H3,(H,22,27)(H,23,28)/t17-/m1/s1. The Hall–Kier alpha value is -3.40. The number of Topliss-reactive ketones (excluding diaryl/α,β-unsaturated/α-hetero) is 1. The number of halogens is 1. The Kier molecular flexibility index (Phi) is 7.60. The van der Waals surface area contributed by atoms with Crippen LogP contribution in [0, 0.1) is 0 Å². The number of methoxy groups -OCH3 is 1. The van der Waals surface area contributed by atoms with E-state index in [-0.39, 0.29) is 36.6 Å². The van der Waals surface area contributed by atoms with Gasteiger partial charge >= 0.3 is 6.01 Å². The van der Waals surface area contributed by atoms with Gasteiger partial charge in [0.15, 0.2) is 24.2 Å². The van der Waals surface area contributed by atoms with E-state index in [1.165, 1.54) is 25.6 Å². The summed E-state index contributed by atoms with van der Waals surface area (Å²) in [5, 5.41) is 5.81. The summed E-state index contributed by atoms with van der Waals surface area (Å²) in [6, 6.07) is 4.91. The number of amides is 2. The van der Waals surface area contributed by atoms with E-state index in [2.05, 4.69) is 20.6 Å². The highest BCUT2D eigenvalue weighted by Crippen LogP contribution is 2.30. The highest BCUT2D eigenvalue weighted by molar-refractivity contribution is 6.31. The summed E-state index contributed by atoms with van der Waals surface area (Å²) in [7, 11) is 1.45. The number of benzene rings is 1. The molecule has 0 spiro atoms. The Balaban J connectivity index is 1.32. The Morgan fingerprint density at radius 3 is 2.71 bits per heavy atom. The van der Waals surface area contributed by atoms with Gasteiger partial charge in [0.25, 0.3) is 11.8 Å². The number of carbonyl (C=O) groups is 3. The normalized spacial score (nSPS) is 14.8. The maximum Gasteiger partial charge on any atom is 0.316 e. The number of ether oxygens (including phenoxy) is 3. The molecule has 2 amide bonds. The lowest BCUT2D eigenvalue weighted by Gasteiger charge is -2.24. The van der Waals surface area contributed by atoms with Gasteiger partial charge in [-0.1, -0.05) is 11.6 Å². The molecule has 10 nitrogen and oxygen atoms in total. The molecule has 31 heavy (non-hydrogen) atoms. The van der Waals surface area contributed by atoms with E-state index in [1.54, 1.807) is 12.1 Å². The molecule has 2 N–H and O–H groups in total. The van der Waals surface area contributed by atoms with Crippen molar-refractivity contribution in [2.45, 2.75) is 18.9 Å². The van der Waals surface area contributed by atoms with Gasteiger partial charge in [0.2, 0.25) is 0 Å². The van der Waals surface area contributed by atoms with E-state index in [0.717, 1.165) is 0 Å². The van der Waals surface area contributed by atoms with Crippen molar-refractivity contribution in [2.24, 2.45) is 0 Å². The van der Waals surface area contributed by atoms with Gasteiger partial charge in [0, 0.05) is 18.1 Å². The maximum atomic E-state index is 12.3. The lowest BCUT2D eigenvalue weighted by molar-refractivity contribution is -0.128. The highest BCUT2D eigenvalue weighted by Gasteiger charge is 2.31. The van der Waals surface area contributed by atoms with Gasteiger partial charge in [0.05, 0.1) is 31.5 Å². The number of nitrogens with one attached hydrogen (secondary N) is 2. The fraction of sp³-hybridized carbons (Fsp3) is 0.350. The molecule has 11 heteroatoms. The third-order valence-electron chi connectivity index (χ3n) is 4.31. The molecule has 0 saturated carbocycles. The van der Waals surface area contributed by atoms with Crippen molar-refractivity contribution in [3.63, 3.8) is 0 Å². The molecule has 3 rings (SSSR count). The zero-order chi connectivity index (χ0) is 22.2. The van der Waals surface area contributed by atoms with Crippen LogP contribution in [-0.4, -0.2) is 60.5 Å². The Labute approximate surface area is 183 Å². The van der Waals surface area contributed by atoms with Crippen LogP contribution in [0.15, 0.2) is 30.6 Å².